The van der Waals surface area contributed by atoms with Crippen LogP contribution in [0.5, 0.6) is 0 Å². The standard InChI is InChI=1S/C17H19NO3/c1-10-13(9-15(19)21-2)17(20)16-12-6-4-3-5-11(12)7-8-14(16)18-10/h7-8H,3-6,9H2,1-2H3,(H,18,20). The molecule has 110 valence electrons. The molecule has 0 aliphatic heterocycles. The first-order chi connectivity index (χ1) is 10.1. The van der Waals surface area contributed by atoms with Crippen LogP contribution in [-0.4, -0.2) is 18.1 Å². The highest BCUT2D eigenvalue weighted by atomic mass is 16.5. The molecule has 4 heteroatoms. The molecule has 0 unspecified atom stereocenters. The number of esters is 1. The summed E-state index contributed by atoms with van der Waals surface area (Å²) >= 11 is 0. The van der Waals surface area contributed by atoms with Gasteiger partial charge in [-0.3, -0.25) is 9.59 Å². The molecule has 21 heavy (non-hydrogen) atoms. The number of aryl methyl sites for hydroxylation is 3. The molecule has 0 saturated carbocycles. The highest BCUT2D eigenvalue weighted by molar-refractivity contribution is 5.85. The summed E-state index contributed by atoms with van der Waals surface area (Å²) in [5, 5.41) is 0.761. The second-order valence-electron chi connectivity index (χ2n) is 5.64. The molecule has 0 fully saturated rings. The van der Waals surface area contributed by atoms with E-state index in [0.717, 1.165) is 41.4 Å². The number of nitrogens with one attached hydrogen (secondary N) is 1. The molecule has 0 bridgehead atoms. The van der Waals surface area contributed by atoms with Crippen LogP contribution in [0, 0.1) is 6.92 Å². The number of aromatic nitrogens is 1. The van der Waals surface area contributed by atoms with Crippen molar-refractivity contribution in [2.75, 3.05) is 7.11 Å². The Morgan fingerprint density at radius 2 is 2.05 bits per heavy atom. The van der Waals surface area contributed by atoms with E-state index in [9.17, 15) is 9.59 Å². The first kappa shape index (κ1) is 13.9. The Hall–Kier alpha value is -2.10. The van der Waals surface area contributed by atoms with Crippen LogP contribution in [0.1, 0.15) is 35.2 Å². The molecule has 1 aliphatic rings. The van der Waals surface area contributed by atoms with Crippen molar-refractivity contribution < 1.29 is 9.53 Å². The van der Waals surface area contributed by atoms with Crippen LogP contribution in [0.3, 0.4) is 0 Å². The van der Waals surface area contributed by atoms with Gasteiger partial charge in [0.25, 0.3) is 0 Å². The fourth-order valence-electron chi connectivity index (χ4n) is 3.22. The zero-order valence-electron chi connectivity index (χ0n) is 12.4. The maximum Gasteiger partial charge on any atom is 0.310 e. The fraction of sp³-hybridized carbons (Fsp3) is 0.412. The van der Waals surface area contributed by atoms with Crippen molar-refractivity contribution in [2.45, 2.75) is 39.0 Å². The highest BCUT2D eigenvalue weighted by Crippen LogP contribution is 2.27. The minimum atomic E-state index is -0.382. The molecule has 1 N–H and O–H groups in total. The minimum absolute atomic E-state index is 0.0228. The van der Waals surface area contributed by atoms with Crippen molar-refractivity contribution in [3.63, 3.8) is 0 Å². The van der Waals surface area contributed by atoms with Crippen LogP contribution < -0.4 is 5.43 Å². The van der Waals surface area contributed by atoms with Gasteiger partial charge in [-0.1, -0.05) is 6.07 Å². The van der Waals surface area contributed by atoms with Gasteiger partial charge >= 0.3 is 5.97 Å². The quantitative estimate of drug-likeness (QED) is 0.862. The molecule has 0 radical (unpaired) electrons. The van der Waals surface area contributed by atoms with Crippen molar-refractivity contribution in [3.05, 3.63) is 44.7 Å². The number of pyridine rings is 1. The van der Waals surface area contributed by atoms with Crippen LogP contribution in [0.4, 0.5) is 0 Å². The summed E-state index contributed by atoms with van der Waals surface area (Å²) < 4.78 is 4.70. The topological polar surface area (TPSA) is 59.2 Å². The number of rotatable bonds is 2. The third-order valence-corrected chi connectivity index (χ3v) is 4.36. The van der Waals surface area contributed by atoms with Gasteiger partial charge in [0.1, 0.15) is 0 Å². The average Bonchev–Trinajstić information content (AvgIpc) is 2.50. The number of fused-ring (bicyclic) bond motifs is 3. The number of H-pyrrole nitrogens is 1. The molecule has 4 nitrogen and oxygen atoms in total. The zero-order chi connectivity index (χ0) is 15.0. The second-order valence-corrected chi connectivity index (χ2v) is 5.64. The summed E-state index contributed by atoms with van der Waals surface area (Å²) in [6.45, 7) is 1.83. The second kappa shape index (κ2) is 5.35. The molecule has 1 heterocycles. The van der Waals surface area contributed by atoms with Crippen LogP contribution in [0.2, 0.25) is 0 Å². The maximum absolute atomic E-state index is 12.8. The largest absolute Gasteiger partial charge is 0.469 e. The molecule has 0 spiro atoms. The lowest BCUT2D eigenvalue weighted by Gasteiger charge is -2.18. The van der Waals surface area contributed by atoms with Gasteiger partial charge in [-0.15, -0.1) is 0 Å². The van der Waals surface area contributed by atoms with E-state index in [1.54, 1.807) is 0 Å². The smallest absolute Gasteiger partial charge is 0.310 e. The number of ether oxygens (including phenoxy) is 1. The molecule has 3 rings (SSSR count). The van der Waals surface area contributed by atoms with Crippen LogP contribution >= 0.6 is 0 Å². The molecular formula is C17H19NO3. The molecule has 1 aliphatic carbocycles. The predicted octanol–water partition coefficient (Wildman–Crippen LogP) is 2.43. The van der Waals surface area contributed by atoms with Crippen LogP contribution in [0.15, 0.2) is 16.9 Å². The summed E-state index contributed by atoms with van der Waals surface area (Å²) in [6.07, 6.45) is 4.29. The van der Waals surface area contributed by atoms with Crippen molar-refractivity contribution >= 4 is 16.9 Å². The molecular weight excluding hydrogens is 266 g/mol. The molecule has 1 aromatic heterocycles. The Bertz CT molecular complexity index is 774. The van der Waals surface area contributed by atoms with Gasteiger partial charge in [-0.05, 0) is 49.8 Å². The molecule has 0 atom stereocenters. The van der Waals surface area contributed by atoms with E-state index < -0.39 is 0 Å². The summed E-state index contributed by atoms with van der Waals surface area (Å²) in [5.74, 6) is -0.382. The Kier molecular flexibility index (Phi) is 3.53. The number of hydrogen-bond donors (Lipinski definition) is 1. The lowest BCUT2D eigenvalue weighted by Crippen LogP contribution is -2.20. The summed E-state index contributed by atoms with van der Waals surface area (Å²) in [4.78, 5) is 27.7. The van der Waals surface area contributed by atoms with Gasteiger partial charge < -0.3 is 9.72 Å². The summed E-state index contributed by atoms with van der Waals surface area (Å²) in [5.41, 5.74) is 4.54. The number of methoxy groups -OCH3 is 1. The Labute approximate surface area is 123 Å². The third kappa shape index (κ3) is 2.35. The average molecular weight is 285 g/mol. The van der Waals surface area contributed by atoms with Crippen molar-refractivity contribution in [1.82, 2.24) is 4.98 Å². The van der Waals surface area contributed by atoms with Crippen LogP contribution in [0.25, 0.3) is 10.9 Å². The lowest BCUT2D eigenvalue weighted by molar-refractivity contribution is -0.139. The fourth-order valence-corrected chi connectivity index (χ4v) is 3.22. The van der Waals surface area contributed by atoms with Crippen LogP contribution in [-0.2, 0) is 28.8 Å². The Morgan fingerprint density at radius 3 is 2.81 bits per heavy atom. The molecule has 2 aromatic rings. The zero-order valence-corrected chi connectivity index (χ0v) is 12.4. The maximum atomic E-state index is 12.8. The SMILES string of the molecule is COC(=O)Cc1c(C)[nH]c2ccc3c(c2c1=O)CCCC3. The normalized spacial score (nSPS) is 14.0. The molecule has 0 saturated heterocycles. The van der Waals surface area contributed by atoms with E-state index in [2.05, 4.69) is 11.1 Å². The predicted molar refractivity (Wildman–Crippen MR) is 81.7 cm³/mol. The monoisotopic (exact) mass is 285 g/mol. The number of benzene rings is 1. The van der Waals surface area contributed by atoms with E-state index in [1.165, 1.54) is 19.1 Å². The van der Waals surface area contributed by atoms with Gasteiger partial charge in [0.05, 0.1) is 13.5 Å². The van der Waals surface area contributed by atoms with Gasteiger partial charge in [-0.2, -0.15) is 0 Å². The molecule has 0 amide bonds. The van der Waals surface area contributed by atoms with Crippen molar-refractivity contribution in [2.24, 2.45) is 0 Å². The minimum Gasteiger partial charge on any atom is -0.469 e. The van der Waals surface area contributed by atoms with E-state index >= 15 is 0 Å². The first-order valence-electron chi connectivity index (χ1n) is 7.35. The lowest BCUT2D eigenvalue weighted by atomic mass is 9.88. The summed E-state index contributed by atoms with van der Waals surface area (Å²) in [7, 11) is 1.34. The van der Waals surface area contributed by atoms with Gasteiger partial charge in [0, 0.05) is 22.2 Å². The van der Waals surface area contributed by atoms with Crippen molar-refractivity contribution in [3.8, 4) is 0 Å². The van der Waals surface area contributed by atoms with E-state index in [1.807, 2.05) is 13.0 Å². The van der Waals surface area contributed by atoms with Crippen molar-refractivity contribution in [1.29, 1.82) is 0 Å². The Balaban J connectivity index is 2.26. The van der Waals surface area contributed by atoms with Gasteiger partial charge in [0.2, 0.25) is 0 Å². The van der Waals surface area contributed by atoms with Gasteiger partial charge in [-0.25, -0.2) is 0 Å². The van der Waals surface area contributed by atoms with E-state index in [0.29, 0.717) is 5.56 Å². The number of carbonyl (C=O) groups excluding carboxylic acids is 1. The van der Waals surface area contributed by atoms with E-state index in [-0.39, 0.29) is 17.8 Å². The number of aromatic amines is 1. The Morgan fingerprint density at radius 1 is 1.29 bits per heavy atom. The van der Waals surface area contributed by atoms with Gasteiger partial charge in [0.15, 0.2) is 5.43 Å². The molecule has 1 aromatic carbocycles. The number of hydrogen-bond acceptors (Lipinski definition) is 3. The third-order valence-electron chi connectivity index (χ3n) is 4.36. The summed E-state index contributed by atoms with van der Waals surface area (Å²) in [6, 6.07) is 4.10. The van der Waals surface area contributed by atoms with E-state index in [4.69, 9.17) is 4.74 Å². The highest BCUT2D eigenvalue weighted by Gasteiger charge is 2.19. The number of carbonyl (C=O) groups is 1. The first-order valence-corrected chi connectivity index (χ1v) is 7.35.